The molecule has 0 saturated carbocycles. The zero-order chi connectivity index (χ0) is 9.10. The molecule has 13 heavy (non-hydrogen) atoms. The Morgan fingerprint density at radius 1 is 1.62 bits per heavy atom. The third kappa shape index (κ3) is 1.48. The van der Waals surface area contributed by atoms with Crippen LogP contribution in [0.3, 0.4) is 0 Å². The summed E-state index contributed by atoms with van der Waals surface area (Å²) < 4.78 is 5.01. The van der Waals surface area contributed by atoms with Gasteiger partial charge in [-0.05, 0) is 13.1 Å². The summed E-state index contributed by atoms with van der Waals surface area (Å²) in [6.45, 7) is 0. The fraction of sp³-hybridized carbons (Fsp3) is 0.222. The van der Waals surface area contributed by atoms with E-state index in [-0.39, 0.29) is 6.04 Å². The lowest BCUT2D eigenvalue weighted by Gasteiger charge is -2.10. The minimum absolute atomic E-state index is 0.0775. The highest BCUT2D eigenvalue weighted by Crippen LogP contribution is 2.18. The van der Waals surface area contributed by atoms with Gasteiger partial charge in [0, 0.05) is 18.0 Å². The minimum atomic E-state index is 0.0775. The first-order valence-corrected chi connectivity index (χ1v) is 4.10. The molecule has 0 aliphatic heterocycles. The molecule has 2 aromatic heterocycles. The van der Waals surface area contributed by atoms with Gasteiger partial charge in [-0.15, -0.1) is 0 Å². The molecular formula is C9H11N3O. The number of furan rings is 1. The third-order valence-corrected chi connectivity index (χ3v) is 1.96. The maximum Gasteiger partial charge on any atom is 0.127 e. The van der Waals surface area contributed by atoms with Crippen molar-refractivity contribution in [1.82, 2.24) is 15.3 Å². The van der Waals surface area contributed by atoms with Crippen LogP contribution in [0.5, 0.6) is 0 Å². The van der Waals surface area contributed by atoms with Gasteiger partial charge in [0.1, 0.15) is 5.82 Å². The molecular weight excluding hydrogens is 166 g/mol. The van der Waals surface area contributed by atoms with Crippen molar-refractivity contribution < 1.29 is 4.42 Å². The summed E-state index contributed by atoms with van der Waals surface area (Å²) in [5, 5.41) is 3.15. The topological polar surface area (TPSA) is 53.9 Å². The summed E-state index contributed by atoms with van der Waals surface area (Å²) in [7, 11) is 1.89. The molecule has 0 radical (unpaired) electrons. The first-order chi connectivity index (χ1) is 6.42. The Morgan fingerprint density at radius 2 is 2.54 bits per heavy atom. The molecule has 2 heterocycles. The van der Waals surface area contributed by atoms with Gasteiger partial charge in [-0.2, -0.15) is 0 Å². The molecule has 0 saturated heterocycles. The van der Waals surface area contributed by atoms with Gasteiger partial charge in [-0.3, -0.25) is 0 Å². The molecule has 4 nitrogen and oxygen atoms in total. The predicted molar refractivity (Wildman–Crippen MR) is 48.2 cm³/mol. The molecule has 4 heteroatoms. The fourth-order valence-corrected chi connectivity index (χ4v) is 1.34. The Morgan fingerprint density at radius 3 is 3.08 bits per heavy atom. The molecule has 0 bridgehead atoms. The normalized spacial score (nSPS) is 13.0. The van der Waals surface area contributed by atoms with E-state index in [4.69, 9.17) is 4.42 Å². The van der Waals surface area contributed by atoms with Crippen LogP contribution in [-0.2, 0) is 0 Å². The molecule has 1 atom stereocenters. The lowest BCUT2D eigenvalue weighted by atomic mass is 10.1. The number of hydrogen-bond donors (Lipinski definition) is 2. The van der Waals surface area contributed by atoms with E-state index in [9.17, 15) is 0 Å². The van der Waals surface area contributed by atoms with Gasteiger partial charge < -0.3 is 14.7 Å². The molecule has 0 aliphatic carbocycles. The van der Waals surface area contributed by atoms with E-state index in [0.29, 0.717) is 0 Å². The number of hydrogen-bond acceptors (Lipinski definition) is 3. The maximum absolute atomic E-state index is 5.01. The van der Waals surface area contributed by atoms with Crippen LogP contribution in [0.4, 0.5) is 0 Å². The average Bonchev–Trinajstić information content (AvgIpc) is 2.76. The molecule has 0 fully saturated rings. The molecule has 0 aromatic carbocycles. The molecule has 0 amide bonds. The maximum atomic E-state index is 5.01. The Kier molecular flexibility index (Phi) is 2.14. The second-order valence-electron chi connectivity index (χ2n) is 2.75. The predicted octanol–water partition coefficient (Wildman–Crippen LogP) is 1.31. The van der Waals surface area contributed by atoms with Crippen molar-refractivity contribution in [2.75, 3.05) is 7.05 Å². The molecule has 2 rings (SSSR count). The Labute approximate surface area is 76.0 Å². The summed E-state index contributed by atoms with van der Waals surface area (Å²) in [4.78, 5) is 7.24. The second-order valence-corrected chi connectivity index (χ2v) is 2.75. The van der Waals surface area contributed by atoms with E-state index in [1.165, 1.54) is 0 Å². The average molecular weight is 177 g/mol. The minimum Gasteiger partial charge on any atom is -0.472 e. The number of aromatic amines is 1. The van der Waals surface area contributed by atoms with Crippen LogP contribution < -0.4 is 5.32 Å². The largest absolute Gasteiger partial charge is 0.472 e. The van der Waals surface area contributed by atoms with E-state index < -0.39 is 0 Å². The highest BCUT2D eigenvalue weighted by Gasteiger charge is 2.14. The van der Waals surface area contributed by atoms with Gasteiger partial charge in [0.15, 0.2) is 0 Å². The lowest BCUT2D eigenvalue weighted by molar-refractivity contribution is 0.555. The zero-order valence-corrected chi connectivity index (χ0v) is 7.32. The van der Waals surface area contributed by atoms with Crippen molar-refractivity contribution in [2.24, 2.45) is 0 Å². The highest BCUT2D eigenvalue weighted by molar-refractivity contribution is 5.19. The third-order valence-electron chi connectivity index (χ3n) is 1.96. The number of aromatic nitrogens is 2. The smallest absolute Gasteiger partial charge is 0.127 e. The van der Waals surface area contributed by atoms with Gasteiger partial charge in [0.05, 0.1) is 18.6 Å². The molecule has 0 aliphatic rings. The Bertz CT molecular complexity index is 305. The van der Waals surface area contributed by atoms with Crippen LogP contribution >= 0.6 is 0 Å². The van der Waals surface area contributed by atoms with Gasteiger partial charge >= 0.3 is 0 Å². The molecule has 68 valence electrons. The van der Waals surface area contributed by atoms with E-state index in [1.807, 2.05) is 13.1 Å². The Balaban J connectivity index is 2.29. The van der Waals surface area contributed by atoms with E-state index in [0.717, 1.165) is 11.4 Å². The van der Waals surface area contributed by atoms with Crippen molar-refractivity contribution >= 4 is 0 Å². The molecule has 1 unspecified atom stereocenters. The first-order valence-electron chi connectivity index (χ1n) is 4.10. The number of H-pyrrole nitrogens is 1. The van der Waals surface area contributed by atoms with Crippen molar-refractivity contribution in [3.63, 3.8) is 0 Å². The van der Waals surface area contributed by atoms with Crippen molar-refractivity contribution in [1.29, 1.82) is 0 Å². The second kappa shape index (κ2) is 3.45. The summed E-state index contributed by atoms with van der Waals surface area (Å²) in [6.07, 6.45) is 6.91. The van der Waals surface area contributed by atoms with Gasteiger partial charge in [0.25, 0.3) is 0 Å². The fourth-order valence-electron chi connectivity index (χ4n) is 1.34. The molecule has 2 aromatic rings. The number of nitrogens with zero attached hydrogens (tertiary/aromatic N) is 1. The number of imidazole rings is 1. The number of rotatable bonds is 3. The van der Waals surface area contributed by atoms with Crippen molar-refractivity contribution in [3.8, 4) is 0 Å². The number of nitrogens with one attached hydrogen (secondary N) is 2. The van der Waals surface area contributed by atoms with Gasteiger partial charge in [-0.25, -0.2) is 4.98 Å². The monoisotopic (exact) mass is 177 g/mol. The van der Waals surface area contributed by atoms with Gasteiger partial charge in [-0.1, -0.05) is 0 Å². The van der Waals surface area contributed by atoms with Crippen LogP contribution in [0.2, 0.25) is 0 Å². The summed E-state index contributed by atoms with van der Waals surface area (Å²) in [5.74, 6) is 0.893. The van der Waals surface area contributed by atoms with Crippen molar-refractivity contribution in [2.45, 2.75) is 6.04 Å². The lowest BCUT2D eigenvalue weighted by Crippen LogP contribution is -2.18. The first kappa shape index (κ1) is 8.07. The standard InChI is InChI=1S/C9H11N3O/c1-10-8(7-2-5-13-6-7)9-11-3-4-12-9/h2-6,8,10H,1H3,(H,11,12). The Hall–Kier alpha value is -1.55. The van der Waals surface area contributed by atoms with Crippen molar-refractivity contribution in [3.05, 3.63) is 42.4 Å². The van der Waals surface area contributed by atoms with Crippen LogP contribution in [-0.4, -0.2) is 17.0 Å². The van der Waals surface area contributed by atoms with E-state index >= 15 is 0 Å². The molecule has 2 N–H and O–H groups in total. The van der Waals surface area contributed by atoms with E-state index in [1.54, 1.807) is 24.9 Å². The van der Waals surface area contributed by atoms with E-state index in [2.05, 4.69) is 15.3 Å². The van der Waals surface area contributed by atoms with Crippen LogP contribution in [0.1, 0.15) is 17.4 Å². The van der Waals surface area contributed by atoms with Gasteiger partial charge in [0.2, 0.25) is 0 Å². The quantitative estimate of drug-likeness (QED) is 0.743. The van der Waals surface area contributed by atoms with Crippen LogP contribution in [0.15, 0.2) is 35.4 Å². The summed E-state index contributed by atoms with van der Waals surface area (Å²) in [6, 6.07) is 2.00. The molecule has 0 spiro atoms. The SMILES string of the molecule is CNC(c1ccoc1)c1ncc[nH]1. The highest BCUT2D eigenvalue weighted by atomic mass is 16.3. The zero-order valence-electron chi connectivity index (χ0n) is 7.32. The van der Waals surface area contributed by atoms with Crippen LogP contribution in [0.25, 0.3) is 0 Å². The summed E-state index contributed by atoms with van der Waals surface area (Å²) in [5.41, 5.74) is 1.07. The summed E-state index contributed by atoms with van der Waals surface area (Å²) >= 11 is 0. The van der Waals surface area contributed by atoms with Crippen LogP contribution in [0, 0.1) is 0 Å².